The molecule has 5 rings (SSSR count). The van der Waals surface area contributed by atoms with Gasteiger partial charge in [0.15, 0.2) is 11.6 Å². The van der Waals surface area contributed by atoms with Crippen molar-refractivity contribution < 1.29 is 22.0 Å². The van der Waals surface area contributed by atoms with Crippen LogP contribution in [0.4, 0.5) is 33.7 Å². The summed E-state index contributed by atoms with van der Waals surface area (Å²) < 4.78 is 73.2. The Kier molecular flexibility index (Phi) is 7.21. The minimum atomic E-state index is -4.47. The van der Waals surface area contributed by atoms with E-state index in [-0.39, 0.29) is 53.2 Å². The minimum absolute atomic E-state index is 0.00491. The molecule has 8 nitrogen and oxygen atoms in total. The number of fused-ring (bicyclic) bond motifs is 1. The SMILES string of the molecule is Cc1nc2c(F)cc(-c3nc(Nc4ccc([C@@H](N5CCNCC5)C(F)(F)F)cn4)ncc3F)cc2n1C(C)C. The normalized spacial score (nSPS) is 15.7. The highest BCUT2D eigenvalue weighted by Crippen LogP contribution is 2.38. The molecular formula is C26H27F5N8. The molecule has 0 unspecified atom stereocenters. The lowest BCUT2D eigenvalue weighted by Gasteiger charge is -2.36. The molecule has 1 aliphatic heterocycles. The van der Waals surface area contributed by atoms with Crippen LogP contribution in [0.1, 0.15) is 37.3 Å². The molecular weight excluding hydrogens is 519 g/mol. The number of hydrogen-bond acceptors (Lipinski definition) is 7. The predicted molar refractivity (Wildman–Crippen MR) is 137 cm³/mol. The number of imidazole rings is 1. The van der Waals surface area contributed by atoms with Crippen molar-refractivity contribution in [3.8, 4) is 11.3 Å². The van der Waals surface area contributed by atoms with Crippen molar-refractivity contribution in [2.75, 3.05) is 31.5 Å². The zero-order valence-corrected chi connectivity index (χ0v) is 21.5. The maximum absolute atomic E-state index is 14.9. The van der Waals surface area contributed by atoms with Crippen molar-refractivity contribution in [2.45, 2.75) is 39.0 Å². The molecule has 1 fully saturated rings. The van der Waals surface area contributed by atoms with E-state index in [1.165, 1.54) is 17.0 Å². The summed E-state index contributed by atoms with van der Waals surface area (Å²) in [5.74, 6) is -0.624. The second kappa shape index (κ2) is 10.5. The first-order chi connectivity index (χ1) is 18.5. The number of nitrogens with zero attached hydrogens (tertiary/aromatic N) is 6. The third-order valence-corrected chi connectivity index (χ3v) is 6.63. The van der Waals surface area contributed by atoms with Gasteiger partial charge in [0.25, 0.3) is 0 Å². The monoisotopic (exact) mass is 546 g/mol. The van der Waals surface area contributed by atoms with E-state index < -0.39 is 23.9 Å². The zero-order chi connectivity index (χ0) is 27.9. The average Bonchev–Trinajstić information content (AvgIpc) is 3.23. The summed E-state index contributed by atoms with van der Waals surface area (Å²) in [6, 6.07) is 3.73. The lowest BCUT2D eigenvalue weighted by Crippen LogP contribution is -2.49. The van der Waals surface area contributed by atoms with Crippen molar-refractivity contribution in [2.24, 2.45) is 0 Å². The molecule has 1 saturated heterocycles. The van der Waals surface area contributed by atoms with Gasteiger partial charge < -0.3 is 15.2 Å². The van der Waals surface area contributed by atoms with E-state index in [9.17, 15) is 22.0 Å². The summed E-state index contributed by atoms with van der Waals surface area (Å²) in [4.78, 5) is 17.9. The molecule has 0 saturated carbocycles. The van der Waals surface area contributed by atoms with Gasteiger partial charge in [-0.3, -0.25) is 4.90 Å². The number of rotatable bonds is 6. The molecule has 3 aromatic heterocycles. The number of halogens is 5. The van der Waals surface area contributed by atoms with Crippen LogP contribution < -0.4 is 10.6 Å². The molecule has 0 spiro atoms. The largest absolute Gasteiger partial charge is 0.408 e. The number of aryl methyl sites for hydroxylation is 1. The van der Waals surface area contributed by atoms with Gasteiger partial charge in [0, 0.05) is 44.0 Å². The Hall–Kier alpha value is -3.71. The van der Waals surface area contributed by atoms with Gasteiger partial charge >= 0.3 is 6.18 Å². The Morgan fingerprint density at radius 1 is 0.974 bits per heavy atom. The van der Waals surface area contributed by atoms with Crippen LogP contribution in [-0.2, 0) is 0 Å². The number of piperazine rings is 1. The third-order valence-electron chi connectivity index (χ3n) is 6.63. The zero-order valence-electron chi connectivity index (χ0n) is 21.5. The van der Waals surface area contributed by atoms with E-state index in [1.54, 1.807) is 13.0 Å². The highest BCUT2D eigenvalue weighted by atomic mass is 19.4. The Balaban J connectivity index is 1.43. The molecule has 0 bridgehead atoms. The van der Waals surface area contributed by atoms with Gasteiger partial charge in [-0.15, -0.1) is 0 Å². The summed E-state index contributed by atoms with van der Waals surface area (Å²) in [6.45, 7) is 7.11. The average molecular weight is 547 g/mol. The van der Waals surface area contributed by atoms with Crippen LogP contribution in [0, 0.1) is 18.6 Å². The minimum Gasteiger partial charge on any atom is -0.326 e. The molecule has 2 N–H and O–H groups in total. The quantitative estimate of drug-likeness (QED) is 0.317. The Bertz CT molecular complexity index is 1480. The number of anilines is 2. The second-order valence-corrected chi connectivity index (χ2v) is 9.67. The van der Waals surface area contributed by atoms with Gasteiger partial charge in [0.2, 0.25) is 5.95 Å². The molecule has 39 heavy (non-hydrogen) atoms. The van der Waals surface area contributed by atoms with Crippen LogP contribution in [0.5, 0.6) is 0 Å². The van der Waals surface area contributed by atoms with Crippen molar-refractivity contribution in [1.82, 2.24) is 34.7 Å². The van der Waals surface area contributed by atoms with Gasteiger partial charge in [-0.05, 0) is 44.5 Å². The number of alkyl halides is 3. The summed E-state index contributed by atoms with van der Waals surface area (Å²) in [5.41, 5.74) is 0.745. The first-order valence-electron chi connectivity index (χ1n) is 12.5. The van der Waals surface area contributed by atoms with Crippen molar-refractivity contribution >= 4 is 22.8 Å². The smallest absolute Gasteiger partial charge is 0.326 e. The summed E-state index contributed by atoms with van der Waals surface area (Å²) in [6.07, 6.45) is -2.37. The van der Waals surface area contributed by atoms with Gasteiger partial charge in [-0.2, -0.15) is 13.2 Å². The fourth-order valence-corrected chi connectivity index (χ4v) is 4.99. The van der Waals surface area contributed by atoms with E-state index in [1.807, 2.05) is 18.4 Å². The molecule has 1 aromatic carbocycles. The topological polar surface area (TPSA) is 83.8 Å². The lowest BCUT2D eigenvalue weighted by molar-refractivity contribution is -0.188. The number of hydrogen-bond donors (Lipinski definition) is 2. The van der Waals surface area contributed by atoms with Crippen LogP contribution in [0.2, 0.25) is 0 Å². The first-order valence-corrected chi connectivity index (χ1v) is 12.5. The molecule has 4 heterocycles. The molecule has 0 amide bonds. The Morgan fingerprint density at radius 2 is 1.72 bits per heavy atom. The Morgan fingerprint density at radius 3 is 2.36 bits per heavy atom. The predicted octanol–water partition coefficient (Wildman–Crippen LogP) is 5.31. The lowest BCUT2D eigenvalue weighted by atomic mass is 10.1. The van der Waals surface area contributed by atoms with Crippen LogP contribution >= 0.6 is 0 Å². The third kappa shape index (κ3) is 5.41. The van der Waals surface area contributed by atoms with Crippen LogP contribution in [0.25, 0.3) is 22.3 Å². The van der Waals surface area contributed by atoms with Crippen LogP contribution in [0.3, 0.4) is 0 Å². The van der Waals surface area contributed by atoms with E-state index in [4.69, 9.17) is 0 Å². The number of nitrogens with one attached hydrogen (secondary N) is 2. The van der Waals surface area contributed by atoms with Gasteiger partial charge in [-0.1, -0.05) is 6.07 Å². The maximum atomic E-state index is 14.9. The van der Waals surface area contributed by atoms with Crippen LogP contribution in [-0.4, -0.2) is 61.8 Å². The van der Waals surface area contributed by atoms with Crippen molar-refractivity contribution in [3.05, 3.63) is 59.7 Å². The van der Waals surface area contributed by atoms with E-state index in [0.717, 1.165) is 18.5 Å². The molecule has 206 valence electrons. The number of benzene rings is 1. The van der Waals surface area contributed by atoms with Crippen molar-refractivity contribution in [3.63, 3.8) is 0 Å². The molecule has 13 heteroatoms. The van der Waals surface area contributed by atoms with Crippen molar-refractivity contribution in [1.29, 1.82) is 0 Å². The fraction of sp³-hybridized carbons (Fsp3) is 0.385. The van der Waals surface area contributed by atoms with E-state index in [2.05, 4.69) is 30.6 Å². The molecule has 1 aliphatic rings. The number of aromatic nitrogens is 5. The summed E-state index contributed by atoms with van der Waals surface area (Å²) in [5, 5.41) is 5.84. The fourth-order valence-electron chi connectivity index (χ4n) is 4.99. The maximum Gasteiger partial charge on any atom is 0.408 e. The highest BCUT2D eigenvalue weighted by Gasteiger charge is 2.45. The standard InChI is InChI=1S/C26H27F5N8/c1-14(2)39-15(3)35-23-18(27)10-17(11-20(23)39)22-19(28)13-34-25(37-22)36-21-5-4-16(12-33-21)24(26(29,30)31)38-8-6-32-7-9-38/h4-5,10-14,24,32H,6-9H2,1-3H3,(H,33,34,36,37)/t24-/m1/s1. The first kappa shape index (κ1) is 26.9. The summed E-state index contributed by atoms with van der Waals surface area (Å²) >= 11 is 0. The van der Waals surface area contributed by atoms with Gasteiger partial charge in [-0.25, -0.2) is 28.7 Å². The van der Waals surface area contributed by atoms with Crippen LogP contribution in [0.15, 0.2) is 36.7 Å². The molecule has 0 aliphatic carbocycles. The highest BCUT2D eigenvalue weighted by molar-refractivity contribution is 5.83. The molecule has 4 aromatic rings. The molecule has 0 radical (unpaired) electrons. The summed E-state index contributed by atoms with van der Waals surface area (Å²) in [7, 11) is 0. The molecule has 1 atom stereocenters. The van der Waals surface area contributed by atoms with Gasteiger partial charge in [0.1, 0.15) is 28.9 Å². The van der Waals surface area contributed by atoms with E-state index >= 15 is 0 Å². The van der Waals surface area contributed by atoms with Gasteiger partial charge in [0.05, 0.1) is 11.7 Å². The number of pyridine rings is 1. The van der Waals surface area contributed by atoms with E-state index in [0.29, 0.717) is 24.4 Å². The second-order valence-electron chi connectivity index (χ2n) is 9.67. The Labute approximate surface area is 221 Å².